The second-order valence-electron chi connectivity index (χ2n) is 5.94. The number of aromatic nitrogens is 4. The van der Waals surface area contributed by atoms with Crippen molar-refractivity contribution in [3.05, 3.63) is 12.4 Å². The summed E-state index contributed by atoms with van der Waals surface area (Å²) >= 11 is 0. The Kier molecular flexibility index (Phi) is 4.71. The van der Waals surface area contributed by atoms with Crippen LogP contribution in [-0.4, -0.2) is 79.5 Å². The van der Waals surface area contributed by atoms with Crippen molar-refractivity contribution in [2.45, 2.75) is 0 Å². The molecule has 0 unspecified atom stereocenters. The van der Waals surface area contributed by atoms with E-state index in [1.54, 1.807) is 12.4 Å². The van der Waals surface area contributed by atoms with Crippen molar-refractivity contribution < 1.29 is 9.47 Å². The van der Waals surface area contributed by atoms with Gasteiger partial charge >= 0.3 is 146 Å². The van der Waals surface area contributed by atoms with E-state index >= 15 is 0 Å². The summed E-state index contributed by atoms with van der Waals surface area (Å²) in [4.78, 5) is 22.0. The normalized spacial score (nSPS) is 18.2. The van der Waals surface area contributed by atoms with Crippen LogP contribution in [0.25, 0.3) is 11.4 Å². The van der Waals surface area contributed by atoms with Crippen LogP contribution in [0.15, 0.2) is 12.4 Å². The Bertz CT molecular complexity index is 682. The van der Waals surface area contributed by atoms with Gasteiger partial charge in [0.15, 0.2) is 0 Å². The average Bonchev–Trinajstić information content (AvgIpc) is 2.69. The molecule has 130 valence electrons. The molecule has 0 spiro atoms. The predicted molar refractivity (Wildman–Crippen MR) is 94.9 cm³/mol. The van der Waals surface area contributed by atoms with Crippen molar-refractivity contribution in [1.29, 1.82) is 0 Å². The maximum absolute atomic E-state index is 5.59. The van der Waals surface area contributed by atoms with Crippen LogP contribution in [0.1, 0.15) is 0 Å². The molecule has 2 N–H and O–H groups in total. The molecule has 25 heavy (non-hydrogen) atoms. The number of hydrogen-bond donors (Lipinski definition) is 1. The predicted octanol–water partition coefficient (Wildman–Crippen LogP) is -0.473. The van der Waals surface area contributed by atoms with Crippen molar-refractivity contribution in [2.24, 2.45) is 0 Å². The quantitative estimate of drug-likeness (QED) is 0.793. The first-order valence-corrected chi connectivity index (χ1v) is 8.42. The average molecular weight is 341 g/mol. The summed E-state index contributed by atoms with van der Waals surface area (Å²) in [5.41, 5.74) is 8.13. The minimum absolute atomic E-state index is 0.237. The first-order valence-electron chi connectivity index (χ1n) is 8.42. The number of hydrogen-bond acceptors (Lipinski definition) is 9. The summed E-state index contributed by atoms with van der Waals surface area (Å²) in [5, 5.41) is 0. The van der Waals surface area contributed by atoms with E-state index in [2.05, 4.69) is 19.8 Å². The Morgan fingerprint density at radius 3 is 1.80 bits per heavy atom. The van der Waals surface area contributed by atoms with Crippen LogP contribution in [-0.2, 0) is 9.47 Å². The molecule has 2 aromatic rings. The van der Waals surface area contributed by atoms with E-state index in [9.17, 15) is 0 Å². The van der Waals surface area contributed by atoms with E-state index < -0.39 is 0 Å². The zero-order valence-corrected chi connectivity index (χ0v) is 14.0. The minimum atomic E-state index is 0.237. The van der Waals surface area contributed by atoms with Crippen LogP contribution in [0.5, 0.6) is 0 Å². The Hall–Kier alpha value is -2.33. The van der Waals surface area contributed by atoms with Gasteiger partial charge in [0.25, 0.3) is 0 Å². The van der Waals surface area contributed by atoms with Gasteiger partial charge in [-0.1, -0.05) is 0 Å². The number of morpholine rings is 2. The van der Waals surface area contributed by atoms with Gasteiger partial charge in [-0.05, 0) is 0 Å². The molecule has 0 bridgehead atoms. The summed E-state index contributed by atoms with van der Waals surface area (Å²) in [6, 6.07) is 0. The van der Waals surface area contributed by atoms with Crippen LogP contribution in [0.3, 0.4) is 0 Å². The molecule has 0 atom stereocenters. The number of ether oxygens (including phenoxy) is 2. The van der Waals surface area contributed by atoms with Crippen molar-refractivity contribution in [3.63, 3.8) is 0 Å². The molecule has 9 nitrogen and oxygen atoms in total. The zero-order valence-electron chi connectivity index (χ0n) is 14.0. The molecule has 0 aromatic carbocycles. The first-order chi connectivity index (χ1) is 12.3. The molecule has 2 aliphatic heterocycles. The molecule has 4 rings (SSSR count). The van der Waals surface area contributed by atoms with E-state index in [0.717, 1.165) is 43.2 Å². The SMILES string of the molecule is Nc1ncc(-c2nc(N3CCOCC3)bc(N3CCOCC3)n2)cn1. The topological polar surface area (TPSA) is 103 Å². The van der Waals surface area contributed by atoms with Crippen LogP contribution >= 0.6 is 0 Å². The van der Waals surface area contributed by atoms with Gasteiger partial charge in [-0.2, -0.15) is 0 Å². The van der Waals surface area contributed by atoms with E-state index in [0.29, 0.717) is 32.3 Å². The Labute approximate surface area is 146 Å². The summed E-state index contributed by atoms with van der Waals surface area (Å²) in [6.07, 6.45) is 3.31. The van der Waals surface area contributed by atoms with Crippen LogP contribution in [0, 0.1) is 0 Å². The fraction of sp³-hybridized carbons (Fsp3) is 0.533. The standard InChI is InChI=1S/C15H20BN7O2/c17-15-18-9-11(10-19-15)12-20-13(22-1-5-24-6-2-22)16-14(21-12)23-3-7-25-8-4-23/h9-10H,1-8H2,(H2,17,18,19). The molecule has 4 heterocycles. The Morgan fingerprint density at radius 1 is 0.840 bits per heavy atom. The molecular weight excluding hydrogens is 321 g/mol. The third kappa shape index (κ3) is 3.69. The monoisotopic (exact) mass is 341 g/mol. The van der Waals surface area contributed by atoms with Gasteiger partial charge < -0.3 is 0 Å². The van der Waals surface area contributed by atoms with E-state index in [4.69, 9.17) is 25.2 Å². The third-order valence-electron chi connectivity index (χ3n) is 4.30. The summed E-state index contributed by atoms with van der Waals surface area (Å²) in [7, 11) is 0. The molecule has 10 heteroatoms. The van der Waals surface area contributed by atoms with Gasteiger partial charge in [0.2, 0.25) is 0 Å². The van der Waals surface area contributed by atoms with Crippen molar-refractivity contribution >= 4 is 24.3 Å². The Morgan fingerprint density at radius 2 is 1.32 bits per heavy atom. The molecule has 0 radical (unpaired) electrons. The summed E-state index contributed by atoms with van der Waals surface area (Å²) < 4.78 is 10.9. The van der Waals surface area contributed by atoms with Gasteiger partial charge in [-0.15, -0.1) is 0 Å². The molecule has 2 aromatic heterocycles. The number of nitrogen functional groups attached to an aromatic ring is 1. The fourth-order valence-electron chi connectivity index (χ4n) is 2.91. The first kappa shape index (κ1) is 16.2. The second-order valence-corrected chi connectivity index (χ2v) is 5.94. The van der Waals surface area contributed by atoms with Crippen molar-refractivity contribution in [1.82, 2.24) is 19.9 Å². The molecule has 0 amide bonds. The van der Waals surface area contributed by atoms with Gasteiger partial charge in [0, 0.05) is 0 Å². The van der Waals surface area contributed by atoms with Gasteiger partial charge in [0.05, 0.1) is 0 Å². The van der Waals surface area contributed by atoms with E-state index in [1.807, 2.05) is 6.91 Å². The van der Waals surface area contributed by atoms with E-state index in [1.165, 1.54) is 0 Å². The fourth-order valence-corrected chi connectivity index (χ4v) is 2.91. The number of nitrogens with two attached hydrogens (primary N) is 1. The number of anilines is 3. The number of nitrogens with zero attached hydrogens (tertiary/aromatic N) is 6. The summed E-state index contributed by atoms with van der Waals surface area (Å²) in [5.74, 6) is 0.840. The molecule has 2 saturated heterocycles. The van der Waals surface area contributed by atoms with Gasteiger partial charge in [-0.25, -0.2) is 0 Å². The molecule has 0 aliphatic carbocycles. The zero-order chi connectivity index (χ0) is 17.1. The van der Waals surface area contributed by atoms with Gasteiger partial charge in [0.1, 0.15) is 0 Å². The second kappa shape index (κ2) is 7.28. The number of rotatable bonds is 3. The third-order valence-corrected chi connectivity index (χ3v) is 4.30. The Balaban J connectivity index is 1.72. The maximum atomic E-state index is 5.59. The summed E-state index contributed by atoms with van der Waals surface area (Å²) in [6.45, 7) is 8.13. The van der Waals surface area contributed by atoms with Crippen LogP contribution in [0.2, 0.25) is 0 Å². The van der Waals surface area contributed by atoms with Gasteiger partial charge in [-0.3, -0.25) is 0 Å². The van der Waals surface area contributed by atoms with Crippen LogP contribution < -0.4 is 15.5 Å². The molecule has 2 aliphatic rings. The molecular formula is C15H20BN7O2. The van der Waals surface area contributed by atoms with E-state index in [-0.39, 0.29) is 5.95 Å². The molecule has 2 fully saturated rings. The van der Waals surface area contributed by atoms with Crippen molar-refractivity contribution in [2.75, 3.05) is 68.1 Å². The van der Waals surface area contributed by atoms with Crippen LogP contribution in [0.4, 0.5) is 17.4 Å². The van der Waals surface area contributed by atoms with Crippen molar-refractivity contribution in [3.8, 4) is 11.4 Å². The molecule has 0 saturated carbocycles.